The van der Waals surface area contributed by atoms with Crippen LogP contribution in [0.15, 0.2) is 11.1 Å². The molecule has 4 heteroatoms. The largest absolute Gasteiger partial charge is 0.389 e. The van der Waals surface area contributed by atoms with Gasteiger partial charge in [0.2, 0.25) is 0 Å². The van der Waals surface area contributed by atoms with Gasteiger partial charge in [0.05, 0.1) is 11.1 Å². The van der Waals surface area contributed by atoms with Crippen LogP contribution in [0.25, 0.3) is 0 Å². The zero-order chi connectivity index (χ0) is 8.59. The summed E-state index contributed by atoms with van der Waals surface area (Å²) in [4.78, 5) is 10.9. The lowest BCUT2D eigenvalue weighted by molar-refractivity contribution is -0.124. The third-order valence-corrected chi connectivity index (χ3v) is 2.18. The summed E-state index contributed by atoms with van der Waals surface area (Å²) in [6.07, 6.45) is -1.02. The number of hydrogen-bond acceptors (Lipinski definition) is 3. The Kier molecular flexibility index (Phi) is 2.32. The fourth-order valence-corrected chi connectivity index (χ4v) is 1.19. The van der Waals surface area contributed by atoms with Gasteiger partial charge in [0.25, 0.3) is 0 Å². The van der Waals surface area contributed by atoms with E-state index in [2.05, 4.69) is 0 Å². The average Bonchev–Trinajstić information content (AvgIpc) is 1.97. The lowest BCUT2D eigenvalue weighted by Gasteiger charge is -2.25. The Balaban J connectivity index is 2.92. The predicted molar refractivity (Wildman–Crippen MR) is 40.1 cm³/mol. The fourth-order valence-electron chi connectivity index (χ4n) is 0.958. The second-order valence-electron chi connectivity index (χ2n) is 2.66. The summed E-state index contributed by atoms with van der Waals surface area (Å²) < 4.78 is 0. The standard InChI is InChI=1S/C7H9ClO3/c1-3-5(9)2-4(8)7(11)6(3)10/h2-3,6-7,10-11H,1H3/t3-,6-,7+/m1/s1. The Morgan fingerprint density at radius 3 is 2.64 bits per heavy atom. The molecular formula is C7H9ClO3. The molecule has 1 aliphatic rings. The highest BCUT2D eigenvalue weighted by molar-refractivity contribution is 6.32. The van der Waals surface area contributed by atoms with Gasteiger partial charge in [-0.2, -0.15) is 0 Å². The van der Waals surface area contributed by atoms with Gasteiger partial charge in [-0.1, -0.05) is 18.5 Å². The topological polar surface area (TPSA) is 57.5 Å². The maximum Gasteiger partial charge on any atom is 0.162 e. The molecule has 0 saturated heterocycles. The number of ketones is 1. The van der Waals surface area contributed by atoms with E-state index < -0.39 is 18.1 Å². The summed E-state index contributed by atoms with van der Waals surface area (Å²) in [5, 5.41) is 18.3. The Labute approximate surface area is 69.3 Å². The molecule has 0 unspecified atom stereocenters. The van der Waals surface area contributed by atoms with Crippen LogP contribution in [0.5, 0.6) is 0 Å². The fraction of sp³-hybridized carbons (Fsp3) is 0.571. The molecule has 1 aliphatic carbocycles. The highest BCUT2D eigenvalue weighted by atomic mass is 35.5. The number of halogens is 1. The quantitative estimate of drug-likeness (QED) is 0.549. The van der Waals surface area contributed by atoms with Crippen molar-refractivity contribution in [1.29, 1.82) is 0 Å². The van der Waals surface area contributed by atoms with Crippen molar-refractivity contribution < 1.29 is 15.0 Å². The number of rotatable bonds is 0. The summed E-state index contributed by atoms with van der Waals surface area (Å²) in [5.41, 5.74) is 0. The first-order valence-corrected chi connectivity index (χ1v) is 3.69. The molecule has 3 atom stereocenters. The normalized spacial score (nSPS) is 38.7. The van der Waals surface area contributed by atoms with Crippen molar-refractivity contribution in [3.63, 3.8) is 0 Å². The van der Waals surface area contributed by atoms with Gasteiger partial charge in [-0.05, 0) is 6.08 Å². The molecule has 0 bridgehead atoms. The van der Waals surface area contributed by atoms with Crippen LogP contribution < -0.4 is 0 Å². The van der Waals surface area contributed by atoms with E-state index >= 15 is 0 Å². The first-order valence-electron chi connectivity index (χ1n) is 3.31. The summed E-state index contributed by atoms with van der Waals surface area (Å²) in [7, 11) is 0. The van der Waals surface area contributed by atoms with Crippen LogP contribution in [-0.2, 0) is 4.79 Å². The van der Waals surface area contributed by atoms with Crippen LogP contribution >= 0.6 is 11.6 Å². The number of carbonyl (C=O) groups excluding carboxylic acids is 1. The maximum absolute atomic E-state index is 10.9. The first kappa shape index (κ1) is 8.71. The van der Waals surface area contributed by atoms with Crippen molar-refractivity contribution in [3.05, 3.63) is 11.1 Å². The third-order valence-electron chi connectivity index (χ3n) is 1.85. The number of aliphatic hydroxyl groups is 2. The highest BCUT2D eigenvalue weighted by Gasteiger charge is 2.33. The van der Waals surface area contributed by atoms with Gasteiger partial charge in [-0.15, -0.1) is 0 Å². The van der Waals surface area contributed by atoms with E-state index in [9.17, 15) is 9.90 Å². The minimum Gasteiger partial charge on any atom is -0.389 e. The van der Waals surface area contributed by atoms with Crippen molar-refractivity contribution in [2.75, 3.05) is 0 Å². The molecule has 0 radical (unpaired) electrons. The van der Waals surface area contributed by atoms with Gasteiger partial charge in [0, 0.05) is 5.92 Å². The minimum absolute atomic E-state index is 0.0144. The number of allylic oxidation sites excluding steroid dienone is 1. The summed E-state index contributed by atoms with van der Waals surface area (Å²) >= 11 is 5.45. The summed E-state index contributed by atoms with van der Waals surface area (Å²) in [6.45, 7) is 1.55. The minimum atomic E-state index is -1.11. The van der Waals surface area contributed by atoms with Gasteiger partial charge >= 0.3 is 0 Å². The second-order valence-corrected chi connectivity index (χ2v) is 3.09. The van der Waals surface area contributed by atoms with E-state index in [-0.39, 0.29) is 10.8 Å². The molecule has 1 rings (SSSR count). The Morgan fingerprint density at radius 1 is 1.55 bits per heavy atom. The predicted octanol–water partition coefficient (Wildman–Crippen LogP) is 0.0497. The Bertz CT molecular complexity index is 212. The molecule has 0 amide bonds. The lowest BCUT2D eigenvalue weighted by Crippen LogP contribution is -2.39. The molecule has 2 N–H and O–H groups in total. The molecule has 0 saturated carbocycles. The number of aliphatic hydroxyl groups excluding tert-OH is 2. The third kappa shape index (κ3) is 1.45. The van der Waals surface area contributed by atoms with Gasteiger partial charge in [-0.25, -0.2) is 0 Å². The smallest absolute Gasteiger partial charge is 0.162 e. The van der Waals surface area contributed by atoms with Crippen LogP contribution in [-0.4, -0.2) is 28.2 Å². The Morgan fingerprint density at radius 2 is 2.09 bits per heavy atom. The average molecular weight is 177 g/mol. The van der Waals surface area contributed by atoms with Crippen molar-refractivity contribution in [2.24, 2.45) is 5.92 Å². The van der Waals surface area contributed by atoms with Crippen molar-refractivity contribution in [2.45, 2.75) is 19.1 Å². The monoisotopic (exact) mass is 176 g/mol. The van der Waals surface area contributed by atoms with Crippen molar-refractivity contribution in [3.8, 4) is 0 Å². The zero-order valence-corrected chi connectivity index (χ0v) is 6.75. The second kappa shape index (κ2) is 2.93. The highest BCUT2D eigenvalue weighted by Crippen LogP contribution is 2.23. The van der Waals surface area contributed by atoms with Crippen LogP contribution in [0.3, 0.4) is 0 Å². The van der Waals surface area contributed by atoms with Crippen LogP contribution in [0.1, 0.15) is 6.92 Å². The molecule has 11 heavy (non-hydrogen) atoms. The van der Waals surface area contributed by atoms with Crippen LogP contribution in [0, 0.1) is 5.92 Å². The molecular weight excluding hydrogens is 168 g/mol. The molecule has 0 aromatic rings. The molecule has 0 aromatic carbocycles. The molecule has 0 spiro atoms. The zero-order valence-electron chi connectivity index (χ0n) is 5.99. The molecule has 0 aromatic heterocycles. The molecule has 0 heterocycles. The molecule has 3 nitrogen and oxygen atoms in total. The van der Waals surface area contributed by atoms with E-state index in [4.69, 9.17) is 16.7 Å². The van der Waals surface area contributed by atoms with E-state index in [0.29, 0.717) is 0 Å². The van der Waals surface area contributed by atoms with Crippen molar-refractivity contribution >= 4 is 17.4 Å². The summed E-state index contributed by atoms with van der Waals surface area (Å²) in [5.74, 6) is -0.805. The van der Waals surface area contributed by atoms with E-state index in [1.54, 1.807) is 6.92 Å². The Hall–Kier alpha value is -0.380. The molecule has 0 fully saturated rings. The van der Waals surface area contributed by atoms with Gasteiger partial charge in [0.1, 0.15) is 6.10 Å². The SMILES string of the molecule is C[C@@H]1C(=O)C=C(Cl)[C@H](O)[C@@H]1O. The van der Waals surface area contributed by atoms with E-state index in [1.807, 2.05) is 0 Å². The molecule has 0 aliphatic heterocycles. The van der Waals surface area contributed by atoms with E-state index in [0.717, 1.165) is 6.08 Å². The van der Waals surface area contributed by atoms with Crippen LogP contribution in [0.4, 0.5) is 0 Å². The lowest BCUT2D eigenvalue weighted by atomic mass is 9.90. The van der Waals surface area contributed by atoms with Gasteiger partial charge in [0.15, 0.2) is 5.78 Å². The van der Waals surface area contributed by atoms with Crippen molar-refractivity contribution in [1.82, 2.24) is 0 Å². The summed E-state index contributed by atoms with van der Waals surface area (Å²) in [6, 6.07) is 0. The molecule has 62 valence electrons. The maximum atomic E-state index is 10.9. The van der Waals surface area contributed by atoms with E-state index in [1.165, 1.54) is 0 Å². The van der Waals surface area contributed by atoms with Gasteiger partial charge in [-0.3, -0.25) is 4.79 Å². The van der Waals surface area contributed by atoms with Gasteiger partial charge < -0.3 is 10.2 Å². The number of carbonyl (C=O) groups is 1. The first-order chi connectivity index (χ1) is 5.04. The van der Waals surface area contributed by atoms with Crippen LogP contribution in [0.2, 0.25) is 0 Å². The number of hydrogen-bond donors (Lipinski definition) is 2.